The largest absolute Gasteiger partial charge is 0.393 e. The molecule has 18 heavy (non-hydrogen) atoms. The summed E-state index contributed by atoms with van der Waals surface area (Å²) in [5, 5.41) is 22.3. The molecule has 0 aliphatic heterocycles. The van der Waals surface area contributed by atoms with Crippen molar-refractivity contribution >= 4 is 21.6 Å². The second-order valence-electron chi connectivity index (χ2n) is 4.79. The number of nitrogens with one attached hydrogen (secondary N) is 1. The van der Waals surface area contributed by atoms with Crippen molar-refractivity contribution in [3.63, 3.8) is 0 Å². The van der Waals surface area contributed by atoms with Gasteiger partial charge < -0.3 is 10.4 Å². The van der Waals surface area contributed by atoms with Gasteiger partial charge in [0, 0.05) is 16.9 Å². The zero-order chi connectivity index (χ0) is 13.0. The lowest BCUT2D eigenvalue weighted by Gasteiger charge is -2.28. The van der Waals surface area contributed by atoms with Crippen molar-refractivity contribution in [2.45, 2.75) is 31.8 Å². The van der Waals surface area contributed by atoms with Gasteiger partial charge in [-0.05, 0) is 31.0 Å². The van der Waals surface area contributed by atoms with Crippen molar-refractivity contribution in [3.05, 3.63) is 28.2 Å². The molecular formula is C14H17BrN2O. The molecule has 2 unspecified atom stereocenters. The van der Waals surface area contributed by atoms with Crippen LogP contribution < -0.4 is 5.32 Å². The third-order valence-electron chi connectivity index (χ3n) is 3.53. The van der Waals surface area contributed by atoms with Crippen LogP contribution in [0.4, 0.5) is 5.69 Å². The number of rotatable bonds is 3. The number of halogens is 1. The van der Waals surface area contributed by atoms with Gasteiger partial charge in [-0.15, -0.1) is 0 Å². The van der Waals surface area contributed by atoms with Gasteiger partial charge in [-0.3, -0.25) is 0 Å². The first-order valence-corrected chi connectivity index (χ1v) is 7.11. The van der Waals surface area contributed by atoms with Crippen LogP contribution >= 0.6 is 15.9 Å². The van der Waals surface area contributed by atoms with E-state index in [0.29, 0.717) is 11.5 Å². The van der Waals surface area contributed by atoms with E-state index in [9.17, 15) is 5.11 Å². The van der Waals surface area contributed by atoms with Gasteiger partial charge in [-0.1, -0.05) is 28.8 Å². The predicted molar refractivity (Wildman–Crippen MR) is 75.3 cm³/mol. The molecule has 2 N–H and O–H groups in total. The Morgan fingerprint density at radius 3 is 2.89 bits per heavy atom. The number of aliphatic hydroxyl groups is 1. The molecular weight excluding hydrogens is 292 g/mol. The van der Waals surface area contributed by atoms with Crippen molar-refractivity contribution in [2.24, 2.45) is 5.92 Å². The Hall–Kier alpha value is -1.05. The number of aliphatic hydroxyl groups excluding tert-OH is 1. The van der Waals surface area contributed by atoms with Crippen LogP contribution in [0.2, 0.25) is 0 Å². The Morgan fingerprint density at radius 2 is 2.17 bits per heavy atom. The summed E-state index contributed by atoms with van der Waals surface area (Å²) in [5.74, 6) is 0.296. The number of anilines is 1. The van der Waals surface area contributed by atoms with Crippen LogP contribution in [0, 0.1) is 17.2 Å². The zero-order valence-corrected chi connectivity index (χ0v) is 11.8. The minimum Gasteiger partial charge on any atom is -0.393 e. The van der Waals surface area contributed by atoms with Gasteiger partial charge in [0.05, 0.1) is 17.4 Å². The molecule has 3 nitrogen and oxygen atoms in total. The Morgan fingerprint density at radius 1 is 1.39 bits per heavy atom. The SMILES string of the molecule is N#Cc1ccc(Br)cc1NCC1CCCCC1O. The quantitative estimate of drug-likeness (QED) is 0.901. The molecule has 1 aromatic carbocycles. The molecule has 1 saturated carbocycles. The van der Waals surface area contributed by atoms with E-state index in [4.69, 9.17) is 5.26 Å². The van der Waals surface area contributed by atoms with E-state index in [-0.39, 0.29) is 6.10 Å². The fourth-order valence-corrected chi connectivity index (χ4v) is 2.79. The van der Waals surface area contributed by atoms with E-state index < -0.39 is 0 Å². The summed E-state index contributed by atoms with van der Waals surface area (Å²) in [6, 6.07) is 7.74. The summed E-state index contributed by atoms with van der Waals surface area (Å²) >= 11 is 3.40. The topological polar surface area (TPSA) is 56.0 Å². The second kappa shape index (κ2) is 6.21. The van der Waals surface area contributed by atoms with E-state index >= 15 is 0 Å². The highest BCUT2D eigenvalue weighted by atomic mass is 79.9. The van der Waals surface area contributed by atoms with Crippen molar-refractivity contribution in [1.29, 1.82) is 5.26 Å². The van der Waals surface area contributed by atoms with E-state index in [0.717, 1.165) is 36.0 Å². The van der Waals surface area contributed by atoms with Crippen LogP contribution in [0.3, 0.4) is 0 Å². The number of nitriles is 1. The van der Waals surface area contributed by atoms with E-state index in [1.165, 1.54) is 6.42 Å². The summed E-state index contributed by atoms with van der Waals surface area (Å²) in [7, 11) is 0. The van der Waals surface area contributed by atoms with Gasteiger partial charge in [-0.25, -0.2) is 0 Å². The summed E-state index contributed by atoms with van der Waals surface area (Å²) in [6.07, 6.45) is 4.06. The molecule has 0 heterocycles. The highest BCUT2D eigenvalue weighted by Gasteiger charge is 2.22. The zero-order valence-electron chi connectivity index (χ0n) is 10.2. The number of benzene rings is 1. The number of hydrogen-bond acceptors (Lipinski definition) is 3. The highest BCUT2D eigenvalue weighted by molar-refractivity contribution is 9.10. The van der Waals surface area contributed by atoms with E-state index in [2.05, 4.69) is 27.3 Å². The van der Waals surface area contributed by atoms with Crippen molar-refractivity contribution < 1.29 is 5.11 Å². The molecule has 1 aromatic rings. The second-order valence-corrected chi connectivity index (χ2v) is 5.71. The van der Waals surface area contributed by atoms with Crippen LogP contribution in [0.1, 0.15) is 31.2 Å². The Balaban J connectivity index is 2.01. The minimum atomic E-state index is -0.205. The highest BCUT2D eigenvalue weighted by Crippen LogP contribution is 2.26. The maximum absolute atomic E-state index is 9.91. The molecule has 96 valence electrons. The normalized spacial score (nSPS) is 23.4. The molecule has 0 spiro atoms. The molecule has 0 aromatic heterocycles. The molecule has 4 heteroatoms. The summed E-state index contributed by atoms with van der Waals surface area (Å²) < 4.78 is 0.952. The van der Waals surface area contributed by atoms with Crippen molar-refractivity contribution in [2.75, 3.05) is 11.9 Å². The lowest BCUT2D eigenvalue weighted by molar-refractivity contribution is 0.0763. The van der Waals surface area contributed by atoms with Gasteiger partial charge >= 0.3 is 0 Å². The van der Waals surface area contributed by atoms with Crippen LogP contribution in [-0.2, 0) is 0 Å². The average molecular weight is 309 g/mol. The molecule has 2 atom stereocenters. The molecule has 0 bridgehead atoms. The van der Waals surface area contributed by atoms with Gasteiger partial charge in [0.1, 0.15) is 6.07 Å². The van der Waals surface area contributed by atoms with E-state index in [1.807, 2.05) is 12.1 Å². The molecule has 0 amide bonds. The first-order valence-electron chi connectivity index (χ1n) is 6.32. The molecule has 2 rings (SSSR count). The predicted octanol–water partition coefficient (Wildman–Crippen LogP) is 3.28. The smallest absolute Gasteiger partial charge is 0.101 e. The molecule has 1 fully saturated rings. The van der Waals surface area contributed by atoms with Gasteiger partial charge in [0.2, 0.25) is 0 Å². The van der Waals surface area contributed by atoms with Gasteiger partial charge in [0.25, 0.3) is 0 Å². The van der Waals surface area contributed by atoms with Gasteiger partial charge in [-0.2, -0.15) is 5.26 Å². The van der Waals surface area contributed by atoms with Gasteiger partial charge in [0.15, 0.2) is 0 Å². The van der Waals surface area contributed by atoms with E-state index in [1.54, 1.807) is 6.07 Å². The fourth-order valence-electron chi connectivity index (χ4n) is 2.43. The molecule has 1 aliphatic carbocycles. The Bertz CT molecular complexity index is 456. The number of nitrogens with zero attached hydrogens (tertiary/aromatic N) is 1. The molecule has 0 saturated heterocycles. The van der Waals surface area contributed by atoms with Crippen LogP contribution in [0.5, 0.6) is 0 Å². The Labute approximate surface area is 116 Å². The summed E-state index contributed by atoms with van der Waals surface area (Å²) in [5.41, 5.74) is 1.48. The first kappa shape index (κ1) is 13.4. The number of hydrogen-bond donors (Lipinski definition) is 2. The lowest BCUT2D eigenvalue weighted by atomic mass is 9.86. The molecule has 1 aliphatic rings. The lowest BCUT2D eigenvalue weighted by Crippen LogP contribution is -2.30. The fraction of sp³-hybridized carbons (Fsp3) is 0.500. The van der Waals surface area contributed by atoms with Crippen LogP contribution in [0.15, 0.2) is 22.7 Å². The first-order chi connectivity index (χ1) is 8.70. The average Bonchev–Trinajstić information content (AvgIpc) is 2.38. The summed E-state index contributed by atoms with van der Waals surface area (Å²) in [4.78, 5) is 0. The third-order valence-corrected chi connectivity index (χ3v) is 4.02. The minimum absolute atomic E-state index is 0.205. The molecule has 0 radical (unpaired) electrons. The third kappa shape index (κ3) is 3.24. The maximum atomic E-state index is 9.91. The monoisotopic (exact) mass is 308 g/mol. The van der Waals surface area contributed by atoms with Crippen molar-refractivity contribution in [1.82, 2.24) is 0 Å². The summed E-state index contributed by atoms with van der Waals surface area (Å²) in [6.45, 7) is 0.728. The van der Waals surface area contributed by atoms with Crippen LogP contribution in [-0.4, -0.2) is 17.8 Å². The van der Waals surface area contributed by atoms with Crippen LogP contribution in [0.25, 0.3) is 0 Å². The van der Waals surface area contributed by atoms with Crippen molar-refractivity contribution in [3.8, 4) is 6.07 Å². The maximum Gasteiger partial charge on any atom is 0.101 e. The Kier molecular flexibility index (Phi) is 4.62. The standard InChI is InChI=1S/C14H17BrN2O/c15-12-6-5-10(8-16)13(7-12)17-9-11-3-1-2-4-14(11)18/h5-7,11,14,17-18H,1-4,9H2.